The minimum atomic E-state index is -2.78. The Labute approximate surface area is 101 Å². The third-order valence-corrected chi connectivity index (χ3v) is 5.83. The van der Waals surface area contributed by atoms with Crippen LogP contribution in [0, 0.1) is 0 Å². The second kappa shape index (κ2) is 5.14. The Morgan fingerprint density at radius 3 is 1.00 bits per heavy atom. The monoisotopic (exact) mass is 249 g/mol. The van der Waals surface area contributed by atoms with Gasteiger partial charge < -0.3 is 13.3 Å². The Kier molecular flexibility index (Phi) is 5.16. The van der Waals surface area contributed by atoms with E-state index in [2.05, 4.69) is 46.1 Å². The summed E-state index contributed by atoms with van der Waals surface area (Å²) < 4.78 is 18.9. The highest BCUT2D eigenvalue weighted by Crippen LogP contribution is 2.32. The Morgan fingerprint density at radius 1 is 0.688 bits per heavy atom. The van der Waals surface area contributed by atoms with Gasteiger partial charge in [0.1, 0.15) is 0 Å². The van der Waals surface area contributed by atoms with E-state index in [0.29, 0.717) is 0 Å². The SMILES string of the molecule is CO[Si](OC)(OC)N(C(C)(C)C)C(C)(C)C. The molecule has 0 heterocycles. The molecule has 0 atom stereocenters. The van der Waals surface area contributed by atoms with Crippen LogP contribution in [0.3, 0.4) is 0 Å². The maximum atomic E-state index is 5.57. The van der Waals surface area contributed by atoms with E-state index in [1.54, 1.807) is 21.3 Å². The van der Waals surface area contributed by atoms with E-state index in [0.717, 1.165) is 0 Å². The van der Waals surface area contributed by atoms with E-state index in [1.807, 2.05) is 0 Å². The van der Waals surface area contributed by atoms with Crippen molar-refractivity contribution < 1.29 is 13.3 Å². The van der Waals surface area contributed by atoms with Crippen molar-refractivity contribution in [2.24, 2.45) is 0 Å². The lowest BCUT2D eigenvalue weighted by molar-refractivity contribution is -0.0168. The molecule has 0 spiro atoms. The Morgan fingerprint density at radius 2 is 0.938 bits per heavy atom. The van der Waals surface area contributed by atoms with Crippen LogP contribution in [0.4, 0.5) is 0 Å². The fourth-order valence-electron chi connectivity index (χ4n) is 2.35. The average Bonchev–Trinajstić information content (AvgIpc) is 2.10. The summed E-state index contributed by atoms with van der Waals surface area (Å²) in [5, 5.41) is 0. The Hall–Kier alpha value is 0.0569. The standard InChI is InChI=1S/C11H27NO3Si/c1-10(2,3)12(11(4,5)6)16(13-7,14-8)15-9/h1-9H3. The third-order valence-electron chi connectivity index (χ3n) is 2.39. The first-order valence-corrected chi connectivity index (χ1v) is 7.18. The summed E-state index contributed by atoms with van der Waals surface area (Å²) in [5.41, 5.74) is -0.182. The van der Waals surface area contributed by atoms with Gasteiger partial charge in [-0.2, -0.15) is 0 Å². The molecule has 0 rings (SSSR count). The smallest absolute Gasteiger partial charge is 0.364 e. The number of rotatable bonds is 4. The van der Waals surface area contributed by atoms with Gasteiger partial charge in [-0.05, 0) is 41.5 Å². The summed E-state index contributed by atoms with van der Waals surface area (Å²) in [6, 6.07) is 0. The highest BCUT2D eigenvalue weighted by atomic mass is 28.4. The largest absolute Gasteiger partial charge is 0.599 e. The molecule has 4 nitrogen and oxygen atoms in total. The molecule has 0 amide bonds. The summed E-state index contributed by atoms with van der Waals surface area (Å²) >= 11 is 0. The third kappa shape index (κ3) is 3.27. The van der Waals surface area contributed by atoms with Gasteiger partial charge in [0.05, 0.1) is 0 Å². The van der Waals surface area contributed by atoms with Crippen LogP contribution in [-0.4, -0.2) is 45.9 Å². The van der Waals surface area contributed by atoms with Crippen LogP contribution in [0.25, 0.3) is 0 Å². The maximum Gasteiger partial charge on any atom is 0.599 e. The number of hydrogen-bond donors (Lipinski definition) is 0. The zero-order valence-corrected chi connectivity index (χ0v) is 13.2. The zero-order valence-electron chi connectivity index (χ0n) is 12.2. The van der Waals surface area contributed by atoms with Crippen molar-refractivity contribution in [1.29, 1.82) is 0 Å². The molecule has 0 N–H and O–H groups in total. The van der Waals surface area contributed by atoms with Crippen LogP contribution in [0.2, 0.25) is 0 Å². The van der Waals surface area contributed by atoms with Gasteiger partial charge in [-0.3, -0.25) is 0 Å². The maximum absolute atomic E-state index is 5.57. The highest BCUT2D eigenvalue weighted by molar-refractivity contribution is 6.57. The van der Waals surface area contributed by atoms with Gasteiger partial charge in [-0.15, -0.1) is 0 Å². The fourth-order valence-corrected chi connectivity index (χ4v) is 5.04. The summed E-state index contributed by atoms with van der Waals surface area (Å²) in [5.74, 6) is 0. The summed E-state index contributed by atoms with van der Waals surface area (Å²) in [4.78, 5) is 0. The van der Waals surface area contributed by atoms with E-state index in [-0.39, 0.29) is 11.1 Å². The molecule has 0 saturated heterocycles. The van der Waals surface area contributed by atoms with Gasteiger partial charge in [-0.25, -0.2) is 4.57 Å². The molecule has 0 radical (unpaired) electrons. The minimum Gasteiger partial charge on any atom is -0.364 e. The van der Waals surface area contributed by atoms with Crippen molar-refractivity contribution in [1.82, 2.24) is 4.57 Å². The van der Waals surface area contributed by atoms with Crippen molar-refractivity contribution in [3.8, 4) is 0 Å². The van der Waals surface area contributed by atoms with Gasteiger partial charge in [0.2, 0.25) is 0 Å². The molecule has 0 unspecified atom stereocenters. The zero-order chi connectivity index (χ0) is 13.2. The molecule has 16 heavy (non-hydrogen) atoms. The van der Waals surface area contributed by atoms with Gasteiger partial charge >= 0.3 is 8.97 Å². The molecule has 0 aliphatic rings. The molecular formula is C11H27NO3Si. The van der Waals surface area contributed by atoms with Gasteiger partial charge in [0, 0.05) is 32.4 Å². The quantitative estimate of drug-likeness (QED) is 0.715. The fraction of sp³-hybridized carbons (Fsp3) is 1.00. The van der Waals surface area contributed by atoms with Crippen molar-refractivity contribution in [2.45, 2.75) is 52.6 Å². The lowest BCUT2D eigenvalue weighted by Crippen LogP contribution is -2.71. The van der Waals surface area contributed by atoms with Gasteiger partial charge in [-0.1, -0.05) is 0 Å². The van der Waals surface area contributed by atoms with Crippen LogP contribution in [-0.2, 0) is 13.3 Å². The van der Waals surface area contributed by atoms with Crippen LogP contribution in [0.1, 0.15) is 41.5 Å². The molecule has 0 aliphatic carbocycles. The lowest BCUT2D eigenvalue weighted by Gasteiger charge is -2.50. The molecule has 5 heteroatoms. The second-order valence-corrected chi connectivity index (χ2v) is 8.53. The first-order valence-electron chi connectivity index (χ1n) is 5.51. The van der Waals surface area contributed by atoms with Crippen LogP contribution in [0.15, 0.2) is 0 Å². The summed E-state index contributed by atoms with van der Waals surface area (Å²) in [6.07, 6.45) is 0. The topological polar surface area (TPSA) is 30.9 Å². The van der Waals surface area contributed by atoms with Crippen LogP contribution in [0.5, 0.6) is 0 Å². The van der Waals surface area contributed by atoms with Crippen molar-refractivity contribution >= 4 is 8.97 Å². The highest BCUT2D eigenvalue weighted by Gasteiger charge is 2.55. The Bertz CT molecular complexity index is 194. The van der Waals surface area contributed by atoms with E-state index in [9.17, 15) is 0 Å². The second-order valence-electron chi connectivity index (χ2n) is 5.81. The number of nitrogens with zero attached hydrogens (tertiary/aromatic N) is 1. The minimum absolute atomic E-state index is 0.0908. The normalized spacial score (nSPS) is 14.6. The van der Waals surface area contributed by atoms with Gasteiger partial charge in [0.25, 0.3) is 0 Å². The average molecular weight is 249 g/mol. The Balaban J connectivity index is 5.49. The molecule has 0 fully saturated rings. The van der Waals surface area contributed by atoms with E-state index in [1.165, 1.54) is 0 Å². The van der Waals surface area contributed by atoms with E-state index in [4.69, 9.17) is 13.3 Å². The van der Waals surface area contributed by atoms with E-state index < -0.39 is 8.97 Å². The van der Waals surface area contributed by atoms with Crippen LogP contribution >= 0.6 is 0 Å². The predicted octanol–water partition coefficient (Wildman–Crippen LogP) is 2.26. The van der Waals surface area contributed by atoms with Crippen molar-refractivity contribution in [3.63, 3.8) is 0 Å². The number of hydrogen-bond acceptors (Lipinski definition) is 4. The summed E-state index contributed by atoms with van der Waals surface area (Å²) in [6.45, 7) is 12.8. The molecule has 0 saturated carbocycles. The van der Waals surface area contributed by atoms with Crippen LogP contribution < -0.4 is 0 Å². The molecule has 0 bridgehead atoms. The molecule has 0 aromatic rings. The molecule has 0 aromatic carbocycles. The van der Waals surface area contributed by atoms with E-state index >= 15 is 0 Å². The summed E-state index contributed by atoms with van der Waals surface area (Å²) in [7, 11) is 2.14. The first-order chi connectivity index (χ1) is 7.05. The van der Waals surface area contributed by atoms with Gasteiger partial charge in [0.15, 0.2) is 0 Å². The van der Waals surface area contributed by atoms with Crippen molar-refractivity contribution in [2.75, 3.05) is 21.3 Å². The molecular weight excluding hydrogens is 222 g/mol. The molecule has 0 aromatic heterocycles. The molecule has 0 aliphatic heterocycles. The first kappa shape index (κ1) is 16.1. The lowest BCUT2D eigenvalue weighted by atomic mass is 10.0. The predicted molar refractivity (Wildman–Crippen MR) is 68.1 cm³/mol. The molecule has 98 valence electrons. The van der Waals surface area contributed by atoms with Crippen molar-refractivity contribution in [3.05, 3.63) is 0 Å².